The third-order valence-electron chi connectivity index (χ3n) is 3.42. The maximum Gasteiger partial charge on any atom is 0.286 e. The number of furan rings is 1. The highest BCUT2D eigenvalue weighted by Gasteiger charge is 2.31. The van der Waals surface area contributed by atoms with E-state index in [4.69, 9.17) is 4.42 Å². The number of carbonyl (C=O) groups is 2. The Labute approximate surface area is 117 Å². The highest BCUT2D eigenvalue weighted by molar-refractivity contribution is 5.91. The van der Waals surface area contributed by atoms with Crippen LogP contribution in [0.25, 0.3) is 0 Å². The van der Waals surface area contributed by atoms with E-state index in [-0.39, 0.29) is 30.5 Å². The first-order valence-corrected chi connectivity index (χ1v) is 6.81. The van der Waals surface area contributed by atoms with Crippen LogP contribution in [-0.4, -0.2) is 48.1 Å². The molecule has 20 heavy (non-hydrogen) atoms. The van der Waals surface area contributed by atoms with Crippen molar-refractivity contribution in [2.75, 3.05) is 20.1 Å². The quantitative estimate of drug-likeness (QED) is 0.767. The van der Waals surface area contributed by atoms with Crippen LogP contribution in [0.5, 0.6) is 0 Å². The third-order valence-corrected chi connectivity index (χ3v) is 3.42. The Balaban J connectivity index is 1.65. The Morgan fingerprint density at radius 1 is 1.55 bits per heavy atom. The van der Waals surface area contributed by atoms with Crippen LogP contribution in [-0.2, 0) is 4.79 Å². The van der Waals surface area contributed by atoms with Crippen LogP contribution in [0, 0.1) is 5.92 Å². The monoisotopic (exact) mass is 280 g/mol. The molecule has 0 bridgehead atoms. The fourth-order valence-corrected chi connectivity index (χ4v) is 1.98. The number of hydrogen-bond acceptors (Lipinski definition) is 4. The molecule has 2 N–H and O–H groups in total. The Hall–Kier alpha value is -1.82. The molecule has 1 unspecified atom stereocenters. The fraction of sp³-hybridized carbons (Fsp3) is 0.571. The van der Waals surface area contributed by atoms with Crippen LogP contribution in [0.1, 0.15) is 29.8 Å². The second kappa shape index (κ2) is 6.56. The zero-order valence-corrected chi connectivity index (χ0v) is 11.5. The molecule has 0 spiro atoms. The van der Waals surface area contributed by atoms with Crippen molar-refractivity contribution in [1.82, 2.24) is 10.2 Å². The molecule has 1 aromatic rings. The summed E-state index contributed by atoms with van der Waals surface area (Å²) in [6.07, 6.45) is 3.29. The molecule has 2 rings (SSSR count). The minimum absolute atomic E-state index is 0.0931. The van der Waals surface area contributed by atoms with Gasteiger partial charge >= 0.3 is 0 Å². The number of nitrogens with one attached hydrogen (secondary N) is 1. The van der Waals surface area contributed by atoms with Gasteiger partial charge < -0.3 is 19.7 Å². The first-order chi connectivity index (χ1) is 9.58. The van der Waals surface area contributed by atoms with E-state index in [1.165, 1.54) is 11.2 Å². The Kier molecular flexibility index (Phi) is 4.79. The molecular weight excluding hydrogens is 260 g/mol. The fourth-order valence-electron chi connectivity index (χ4n) is 1.98. The van der Waals surface area contributed by atoms with Gasteiger partial charge in [0.15, 0.2) is 5.76 Å². The molecular formula is C14H20N2O4. The van der Waals surface area contributed by atoms with Crippen molar-refractivity contribution < 1.29 is 19.1 Å². The van der Waals surface area contributed by atoms with E-state index in [9.17, 15) is 14.7 Å². The predicted octanol–water partition coefficient (Wildman–Crippen LogP) is 0.629. The number of rotatable bonds is 7. The lowest BCUT2D eigenvalue weighted by Gasteiger charge is -2.20. The number of likely N-dealkylation sites (N-methyl/N-ethyl adjacent to an activating group) is 1. The van der Waals surface area contributed by atoms with Crippen molar-refractivity contribution in [3.05, 3.63) is 24.2 Å². The molecule has 6 heteroatoms. The Bertz CT molecular complexity index is 454. The number of aliphatic hydroxyl groups is 1. The number of carbonyl (C=O) groups excluding carboxylic acids is 2. The van der Waals surface area contributed by atoms with E-state index in [2.05, 4.69) is 5.32 Å². The average Bonchev–Trinajstić information content (AvgIpc) is 3.13. The van der Waals surface area contributed by atoms with Crippen LogP contribution < -0.4 is 5.32 Å². The van der Waals surface area contributed by atoms with Gasteiger partial charge in [0, 0.05) is 26.6 Å². The SMILES string of the molecule is CN(CC(O)C1CC1)C(=O)CCNC(=O)c1ccco1. The van der Waals surface area contributed by atoms with E-state index in [0.717, 1.165) is 12.8 Å². The minimum Gasteiger partial charge on any atom is -0.459 e. The summed E-state index contributed by atoms with van der Waals surface area (Å²) in [6.45, 7) is 0.609. The molecule has 1 heterocycles. The first-order valence-electron chi connectivity index (χ1n) is 6.81. The summed E-state index contributed by atoms with van der Waals surface area (Å²) in [5.74, 6) is 0.159. The van der Waals surface area contributed by atoms with E-state index < -0.39 is 6.10 Å². The molecule has 0 aromatic carbocycles. The van der Waals surface area contributed by atoms with E-state index >= 15 is 0 Å². The normalized spacial score (nSPS) is 15.7. The van der Waals surface area contributed by atoms with Gasteiger partial charge in [-0.25, -0.2) is 0 Å². The summed E-state index contributed by atoms with van der Waals surface area (Å²) in [5, 5.41) is 12.4. The summed E-state index contributed by atoms with van der Waals surface area (Å²) >= 11 is 0. The molecule has 6 nitrogen and oxygen atoms in total. The van der Waals surface area contributed by atoms with Crippen molar-refractivity contribution in [2.24, 2.45) is 5.92 Å². The average molecular weight is 280 g/mol. The molecule has 0 radical (unpaired) electrons. The highest BCUT2D eigenvalue weighted by Crippen LogP contribution is 2.32. The molecule has 1 saturated carbocycles. The predicted molar refractivity (Wildman–Crippen MR) is 72.0 cm³/mol. The zero-order chi connectivity index (χ0) is 14.5. The van der Waals surface area contributed by atoms with E-state index in [1.54, 1.807) is 19.2 Å². The number of amides is 2. The van der Waals surface area contributed by atoms with Gasteiger partial charge in [-0.15, -0.1) is 0 Å². The summed E-state index contributed by atoms with van der Waals surface area (Å²) < 4.78 is 4.95. The van der Waals surface area contributed by atoms with E-state index in [1.807, 2.05) is 0 Å². The largest absolute Gasteiger partial charge is 0.459 e. The van der Waals surface area contributed by atoms with Gasteiger partial charge in [-0.2, -0.15) is 0 Å². The van der Waals surface area contributed by atoms with Gasteiger partial charge in [0.2, 0.25) is 5.91 Å². The minimum atomic E-state index is -0.429. The zero-order valence-electron chi connectivity index (χ0n) is 11.5. The second-order valence-electron chi connectivity index (χ2n) is 5.16. The van der Waals surface area contributed by atoms with Gasteiger partial charge in [0.05, 0.1) is 12.4 Å². The van der Waals surface area contributed by atoms with Gasteiger partial charge in [0.1, 0.15) is 0 Å². The summed E-state index contributed by atoms with van der Waals surface area (Å²) in [4.78, 5) is 24.9. The smallest absolute Gasteiger partial charge is 0.286 e. The maximum absolute atomic E-state index is 11.8. The van der Waals surface area contributed by atoms with Crippen molar-refractivity contribution >= 4 is 11.8 Å². The topological polar surface area (TPSA) is 82.8 Å². The third kappa shape index (κ3) is 4.09. The maximum atomic E-state index is 11.8. The van der Waals surface area contributed by atoms with Crippen LogP contribution in [0.4, 0.5) is 0 Å². The Morgan fingerprint density at radius 2 is 2.30 bits per heavy atom. The van der Waals surface area contributed by atoms with Gasteiger partial charge in [-0.3, -0.25) is 9.59 Å². The van der Waals surface area contributed by atoms with Crippen LogP contribution in [0.3, 0.4) is 0 Å². The number of nitrogens with zero attached hydrogens (tertiary/aromatic N) is 1. The van der Waals surface area contributed by atoms with Crippen LogP contribution in [0.15, 0.2) is 22.8 Å². The standard InChI is InChI=1S/C14H20N2O4/c1-16(9-11(17)10-4-5-10)13(18)6-7-15-14(19)12-3-2-8-20-12/h2-3,8,10-11,17H,4-7,9H2,1H3,(H,15,19). The molecule has 110 valence electrons. The lowest BCUT2D eigenvalue weighted by Crippen LogP contribution is -2.37. The highest BCUT2D eigenvalue weighted by atomic mass is 16.3. The van der Waals surface area contributed by atoms with Crippen LogP contribution >= 0.6 is 0 Å². The summed E-state index contributed by atoms with van der Waals surface area (Å²) in [7, 11) is 1.67. The number of hydrogen-bond donors (Lipinski definition) is 2. The molecule has 1 aliphatic carbocycles. The second-order valence-corrected chi connectivity index (χ2v) is 5.16. The van der Waals surface area contributed by atoms with Gasteiger partial charge in [-0.1, -0.05) is 0 Å². The van der Waals surface area contributed by atoms with E-state index in [0.29, 0.717) is 12.5 Å². The molecule has 1 fully saturated rings. The van der Waals surface area contributed by atoms with Crippen molar-refractivity contribution in [2.45, 2.75) is 25.4 Å². The van der Waals surface area contributed by atoms with Crippen LogP contribution in [0.2, 0.25) is 0 Å². The first kappa shape index (κ1) is 14.6. The molecule has 2 amide bonds. The molecule has 0 saturated heterocycles. The lowest BCUT2D eigenvalue weighted by atomic mass is 10.2. The van der Waals surface area contributed by atoms with Crippen molar-refractivity contribution in [1.29, 1.82) is 0 Å². The van der Waals surface area contributed by atoms with Crippen molar-refractivity contribution in [3.8, 4) is 0 Å². The molecule has 0 aliphatic heterocycles. The van der Waals surface area contributed by atoms with Crippen molar-refractivity contribution in [3.63, 3.8) is 0 Å². The molecule has 1 atom stereocenters. The molecule has 1 aromatic heterocycles. The molecule has 1 aliphatic rings. The summed E-state index contributed by atoms with van der Waals surface area (Å²) in [5.41, 5.74) is 0. The summed E-state index contributed by atoms with van der Waals surface area (Å²) in [6, 6.07) is 3.20. The Morgan fingerprint density at radius 3 is 2.90 bits per heavy atom. The number of aliphatic hydroxyl groups excluding tert-OH is 1. The lowest BCUT2D eigenvalue weighted by molar-refractivity contribution is -0.131. The van der Waals surface area contributed by atoms with Gasteiger partial charge in [0.25, 0.3) is 5.91 Å². The van der Waals surface area contributed by atoms with Gasteiger partial charge in [-0.05, 0) is 30.9 Å².